The fraction of sp³-hybridized carbons (Fsp3) is 0.0513. The summed E-state index contributed by atoms with van der Waals surface area (Å²) < 4.78 is 2.29. The minimum atomic E-state index is 0.876. The molecule has 0 radical (unpaired) electrons. The molecule has 7 aromatic carbocycles. The van der Waals surface area contributed by atoms with Crippen molar-refractivity contribution in [3.63, 3.8) is 0 Å². The van der Waals surface area contributed by atoms with Crippen LogP contribution in [0.2, 0.25) is 0 Å². The molecule has 194 valence electrons. The van der Waals surface area contributed by atoms with Gasteiger partial charge >= 0.3 is 0 Å². The molecule has 1 aromatic heterocycles. The number of aryl methyl sites for hydroxylation is 1. The number of nitrogens with zero attached hydrogens (tertiary/aromatic N) is 2. The van der Waals surface area contributed by atoms with E-state index in [2.05, 4.69) is 151 Å². The van der Waals surface area contributed by atoms with Crippen LogP contribution in [0.4, 0.5) is 0 Å². The summed E-state index contributed by atoms with van der Waals surface area (Å²) in [4.78, 5) is 4.89. The predicted octanol–water partition coefficient (Wildman–Crippen LogP) is 10.4. The van der Waals surface area contributed by atoms with E-state index in [9.17, 15) is 0 Å². The van der Waals surface area contributed by atoms with Gasteiger partial charge < -0.3 is 0 Å². The number of imidazole rings is 1. The lowest BCUT2D eigenvalue weighted by Gasteiger charge is -2.19. The second kappa shape index (κ2) is 9.46. The van der Waals surface area contributed by atoms with Crippen LogP contribution < -0.4 is 0 Å². The van der Waals surface area contributed by atoms with Crippen LogP contribution in [-0.4, -0.2) is 9.55 Å². The average Bonchev–Trinajstić information content (AvgIpc) is 3.42. The molecular weight excluding hydrogens is 496 g/mol. The Hall–Kier alpha value is -5.21. The maximum Gasteiger partial charge on any atom is 0.114 e. The Morgan fingerprint density at radius 2 is 1.07 bits per heavy atom. The van der Waals surface area contributed by atoms with Crippen molar-refractivity contribution in [2.75, 3.05) is 0 Å². The van der Waals surface area contributed by atoms with Gasteiger partial charge in [-0.1, -0.05) is 122 Å². The molecule has 0 saturated heterocycles. The lowest BCUT2D eigenvalue weighted by Crippen LogP contribution is -2.00. The molecule has 0 spiro atoms. The lowest BCUT2D eigenvalue weighted by molar-refractivity contribution is 0.908. The van der Waals surface area contributed by atoms with E-state index in [1.165, 1.54) is 54.6 Å². The standard InChI is InChI=1S/C39H28N2/c1-2-37-40-35-20-9-10-21-36(35)41(37)28-24-22-27(23-25-28)38-31-15-5-7-17-33(31)39(34-18-8-6-16-32(34)38)30-19-11-13-26-12-3-4-14-29(26)30/h3-25H,2H2,1H3. The van der Waals surface area contributed by atoms with E-state index in [1.54, 1.807) is 0 Å². The van der Waals surface area contributed by atoms with Gasteiger partial charge in [-0.2, -0.15) is 0 Å². The number of para-hydroxylation sites is 2. The van der Waals surface area contributed by atoms with Crippen molar-refractivity contribution < 1.29 is 0 Å². The van der Waals surface area contributed by atoms with Crippen LogP contribution in [0.3, 0.4) is 0 Å². The molecule has 2 heteroatoms. The molecule has 8 aromatic rings. The molecule has 0 atom stereocenters. The molecule has 0 amide bonds. The third kappa shape index (κ3) is 3.68. The van der Waals surface area contributed by atoms with Gasteiger partial charge in [0, 0.05) is 12.1 Å². The maximum absolute atomic E-state index is 4.89. The highest BCUT2D eigenvalue weighted by Crippen LogP contribution is 2.45. The van der Waals surface area contributed by atoms with E-state index >= 15 is 0 Å². The van der Waals surface area contributed by atoms with E-state index in [0.717, 1.165) is 29.0 Å². The molecule has 0 fully saturated rings. The summed E-state index contributed by atoms with van der Waals surface area (Å²) >= 11 is 0. The zero-order valence-electron chi connectivity index (χ0n) is 22.9. The van der Waals surface area contributed by atoms with Crippen LogP contribution in [0, 0.1) is 0 Å². The van der Waals surface area contributed by atoms with Gasteiger partial charge in [-0.3, -0.25) is 4.57 Å². The van der Waals surface area contributed by atoms with E-state index in [4.69, 9.17) is 4.98 Å². The normalized spacial score (nSPS) is 11.6. The van der Waals surface area contributed by atoms with Gasteiger partial charge in [0.15, 0.2) is 0 Å². The Morgan fingerprint density at radius 1 is 0.512 bits per heavy atom. The Kier molecular flexibility index (Phi) is 5.46. The first-order valence-electron chi connectivity index (χ1n) is 14.3. The zero-order chi connectivity index (χ0) is 27.3. The number of hydrogen-bond donors (Lipinski definition) is 0. The smallest absolute Gasteiger partial charge is 0.114 e. The molecule has 0 aliphatic heterocycles. The number of fused-ring (bicyclic) bond motifs is 4. The van der Waals surface area contributed by atoms with Gasteiger partial charge in [0.25, 0.3) is 0 Å². The van der Waals surface area contributed by atoms with Gasteiger partial charge in [-0.05, 0) is 78.8 Å². The molecule has 0 aliphatic rings. The van der Waals surface area contributed by atoms with Crippen molar-refractivity contribution in [2.24, 2.45) is 0 Å². The summed E-state index contributed by atoms with van der Waals surface area (Å²) in [6.07, 6.45) is 0.876. The van der Waals surface area contributed by atoms with Crippen LogP contribution >= 0.6 is 0 Å². The van der Waals surface area contributed by atoms with Gasteiger partial charge in [0.2, 0.25) is 0 Å². The second-order valence-corrected chi connectivity index (χ2v) is 10.6. The van der Waals surface area contributed by atoms with Crippen LogP contribution in [0.25, 0.3) is 71.3 Å². The largest absolute Gasteiger partial charge is 0.296 e. The van der Waals surface area contributed by atoms with E-state index in [0.29, 0.717) is 0 Å². The fourth-order valence-electron chi connectivity index (χ4n) is 6.55. The Labute approximate surface area is 239 Å². The van der Waals surface area contributed by atoms with Crippen LogP contribution in [-0.2, 0) is 6.42 Å². The Morgan fingerprint density at radius 3 is 1.76 bits per heavy atom. The van der Waals surface area contributed by atoms with Gasteiger partial charge in [0.05, 0.1) is 11.0 Å². The first-order chi connectivity index (χ1) is 20.3. The molecule has 0 aliphatic carbocycles. The van der Waals surface area contributed by atoms with Crippen molar-refractivity contribution >= 4 is 43.4 Å². The highest BCUT2D eigenvalue weighted by atomic mass is 15.1. The first kappa shape index (κ1) is 23.7. The average molecular weight is 525 g/mol. The first-order valence-corrected chi connectivity index (χ1v) is 14.3. The summed E-state index contributed by atoms with van der Waals surface area (Å²) in [6, 6.07) is 50.5. The Balaban J connectivity index is 1.39. The number of aromatic nitrogens is 2. The monoisotopic (exact) mass is 524 g/mol. The Bertz CT molecular complexity index is 2170. The molecule has 1 heterocycles. The van der Waals surface area contributed by atoms with E-state index in [-0.39, 0.29) is 0 Å². The topological polar surface area (TPSA) is 17.8 Å². The SMILES string of the molecule is CCc1nc2ccccc2n1-c1ccc(-c2c3ccccc3c(-c3cccc4ccccc34)c3ccccc23)cc1. The summed E-state index contributed by atoms with van der Waals surface area (Å²) in [5.74, 6) is 1.08. The number of rotatable bonds is 4. The van der Waals surface area contributed by atoms with Crippen molar-refractivity contribution in [2.45, 2.75) is 13.3 Å². The quantitative estimate of drug-likeness (QED) is 0.209. The lowest BCUT2D eigenvalue weighted by atomic mass is 9.85. The summed E-state index contributed by atoms with van der Waals surface area (Å²) in [6.45, 7) is 2.17. The zero-order valence-corrected chi connectivity index (χ0v) is 22.9. The summed E-state index contributed by atoms with van der Waals surface area (Å²) in [5, 5.41) is 7.62. The molecule has 0 saturated carbocycles. The van der Waals surface area contributed by atoms with Gasteiger partial charge in [0.1, 0.15) is 5.82 Å². The van der Waals surface area contributed by atoms with E-state index < -0.39 is 0 Å². The number of benzene rings is 7. The summed E-state index contributed by atoms with van der Waals surface area (Å²) in [5.41, 5.74) is 8.38. The van der Waals surface area contributed by atoms with E-state index in [1.807, 2.05) is 0 Å². The van der Waals surface area contributed by atoms with Crippen molar-refractivity contribution in [1.82, 2.24) is 9.55 Å². The fourth-order valence-corrected chi connectivity index (χ4v) is 6.55. The third-order valence-corrected chi connectivity index (χ3v) is 8.35. The predicted molar refractivity (Wildman–Crippen MR) is 174 cm³/mol. The molecule has 0 bridgehead atoms. The number of hydrogen-bond acceptors (Lipinski definition) is 1. The minimum Gasteiger partial charge on any atom is -0.296 e. The molecule has 0 N–H and O–H groups in total. The highest BCUT2D eigenvalue weighted by Gasteiger charge is 2.18. The molecule has 2 nitrogen and oxygen atoms in total. The van der Waals surface area contributed by atoms with Crippen molar-refractivity contribution in [1.29, 1.82) is 0 Å². The second-order valence-electron chi connectivity index (χ2n) is 10.6. The van der Waals surface area contributed by atoms with Crippen molar-refractivity contribution in [3.8, 4) is 27.9 Å². The maximum atomic E-state index is 4.89. The van der Waals surface area contributed by atoms with Gasteiger partial charge in [-0.25, -0.2) is 4.98 Å². The van der Waals surface area contributed by atoms with Crippen LogP contribution in [0.15, 0.2) is 140 Å². The summed E-state index contributed by atoms with van der Waals surface area (Å²) in [7, 11) is 0. The van der Waals surface area contributed by atoms with Crippen LogP contribution in [0.1, 0.15) is 12.7 Å². The molecular formula is C39H28N2. The molecule has 41 heavy (non-hydrogen) atoms. The highest BCUT2D eigenvalue weighted by molar-refractivity contribution is 6.23. The third-order valence-electron chi connectivity index (χ3n) is 8.35. The van der Waals surface area contributed by atoms with Gasteiger partial charge in [-0.15, -0.1) is 0 Å². The molecule has 8 rings (SSSR count). The van der Waals surface area contributed by atoms with Crippen LogP contribution in [0.5, 0.6) is 0 Å². The molecule has 0 unspecified atom stereocenters. The van der Waals surface area contributed by atoms with Crippen molar-refractivity contribution in [3.05, 3.63) is 145 Å². The minimum absolute atomic E-state index is 0.876.